The molecule has 5 nitrogen and oxygen atoms in total. The molecule has 3 heterocycles. The Kier molecular flexibility index (Phi) is 2.98. The molecule has 0 radical (unpaired) electrons. The molecule has 4 rings (SSSR count). The molecule has 1 aromatic carbocycles. The number of H-pyrrole nitrogens is 1. The van der Waals surface area contributed by atoms with Gasteiger partial charge in [-0.2, -0.15) is 10.2 Å². The van der Waals surface area contributed by atoms with Gasteiger partial charge in [0.15, 0.2) is 10.6 Å². The molecule has 0 atom stereocenters. The van der Waals surface area contributed by atoms with Gasteiger partial charge in [-0.25, -0.2) is 4.68 Å². The van der Waals surface area contributed by atoms with Crippen LogP contribution in [-0.2, 0) is 7.05 Å². The zero-order valence-corrected chi connectivity index (χ0v) is 13.7. The van der Waals surface area contributed by atoms with Crippen molar-refractivity contribution in [1.82, 2.24) is 24.5 Å². The van der Waals surface area contributed by atoms with E-state index >= 15 is 0 Å². The monoisotopic (exact) mass is 327 g/mol. The minimum absolute atomic E-state index is 0.619. The van der Waals surface area contributed by atoms with E-state index in [2.05, 4.69) is 33.5 Å². The van der Waals surface area contributed by atoms with Crippen LogP contribution < -0.4 is 0 Å². The summed E-state index contributed by atoms with van der Waals surface area (Å²) >= 11 is 6.87. The van der Waals surface area contributed by atoms with E-state index in [-0.39, 0.29) is 0 Å². The maximum Gasteiger partial charge on any atom is 0.195 e. The average Bonchev–Trinajstić information content (AvgIpc) is 3.18. The van der Waals surface area contributed by atoms with Crippen LogP contribution in [0.25, 0.3) is 26.6 Å². The molecule has 0 spiro atoms. The van der Waals surface area contributed by atoms with Crippen LogP contribution in [0.5, 0.6) is 0 Å². The van der Waals surface area contributed by atoms with E-state index in [1.807, 2.05) is 41.4 Å². The van der Waals surface area contributed by atoms with Crippen molar-refractivity contribution in [3.8, 4) is 16.4 Å². The Morgan fingerprint density at radius 1 is 1.23 bits per heavy atom. The number of nitrogens with zero attached hydrogens (tertiary/aromatic N) is 4. The number of aromatic amines is 1. The van der Waals surface area contributed by atoms with Gasteiger partial charge >= 0.3 is 0 Å². The average molecular weight is 327 g/mol. The molecule has 0 aliphatic heterocycles. The maximum atomic E-state index is 5.19. The Balaban J connectivity index is 1.95. The molecular weight excluding hydrogens is 314 g/mol. The van der Waals surface area contributed by atoms with Gasteiger partial charge in [-0.1, -0.05) is 18.2 Å². The molecule has 4 aromatic rings. The van der Waals surface area contributed by atoms with E-state index in [9.17, 15) is 0 Å². The lowest BCUT2D eigenvalue weighted by Crippen LogP contribution is -1.95. The molecule has 110 valence electrons. The summed E-state index contributed by atoms with van der Waals surface area (Å²) in [7, 11) is 1.92. The van der Waals surface area contributed by atoms with Crippen LogP contribution >= 0.6 is 23.6 Å². The lowest BCUT2D eigenvalue weighted by Gasteiger charge is -2.01. The third-order valence-corrected chi connectivity index (χ3v) is 5.12. The predicted molar refractivity (Wildman–Crippen MR) is 91.1 cm³/mol. The van der Waals surface area contributed by atoms with Crippen molar-refractivity contribution < 1.29 is 0 Å². The third-order valence-electron chi connectivity index (χ3n) is 3.65. The van der Waals surface area contributed by atoms with Gasteiger partial charge in [-0.3, -0.25) is 5.10 Å². The van der Waals surface area contributed by atoms with Crippen LogP contribution in [0, 0.1) is 11.7 Å². The number of rotatable bonds is 2. The molecule has 0 amide bonds. The molecule has 0 fully saturated rings. The van der Waals surface area contributed by atoms with E-state index in [0.29, 0.717) is 4.77 Å². The summed E-state index contributed by atoms with van der Waals surface area (Å²) in [6.07, 6.45) is 0. The largest absolute Gasteiger partial charge is 0.303 e. The summed E-state index contributed by atoms with van der Waals surface area (Å²) in [5.74, 6) is 0.852. The summed E-state index contributed by atoms with van der Waals surface area (Å²) in [5.41, 5.74) is 2.07. The first-order valence-corrected chi connectivity index (χ1v) is 8.04. The highest BCUT2D eigenvalue weighted by Crippen LogP contribution is 2.35. The Labute approximate surface area is 135 Å². The van der Waals surface area contributed by atoms with E-state index in [1.165, 1.54) is 0 Å². The molecule has 0 saturated carbocycles. The normalized spacial score (nSPS) is 11.4. The Hall–Kier alpha value is -2.25. The SMILES string of the molecule is Cc1nn(-c2ccccc2)c2sc(-c3n[nH]c(=S)n3C)cc12. The maximum absolute atomic E-state index is 5.19. The summed E-state index contributed by atoms with van der Waals surface area (Å²) in [5, 5.41) is 13.0. The van der Waals surface area contributed by atoms with Crippen LogP contribution in [-0.4, -0.2) is 24.5 Å². The second kappa shape index (κ2) is 4.89. The molecule has 0 saturated heterocycles. The van der Waals surface area contributed by atoms with E-state index in [1.54, 1.807) is 11.3 Å². The van der Waals surface area contributed by atoms with Gasteiger partial charge in [-0.15, -0.1) is 11.3 Å². The van der Waals surface area contributed by atoms with Gasteiger partial charge < -0.3 is 4.57 Å². The summed E-state index contributed by atoms with van der Waals surface area (Å²) in [6, 6.07) is 12.3. The molecule has 0 unspecified atom stereocenters. The van der Waals surface area contributed by atoms with Crippen molar-refractivity contribution in [3.63, 3.8) is 0 Å². The van der Waals surface area contributed by atoms with Crippen molar-refractivity contribution in [1.29, 1.82) is 0 Å². The first-order chi connectivity index (χ1) is 10.6. The number of aromatic nitrogens is 5. The van der Waals surface area contributed by atoms with Crippen LogP contribution in [0.1, 0.15) is 5.69 Å². The van der Waals surface area contributed by atoms with Crippen LogP contribution in [0.15, 0.2) is 36.4 Å². The number of nitrogens with one attached hydrogen (secondary N) is 1. The topological polar surface area (TPSA) is 51.4 Å². The number of aryl methyl sites for hydroxylation is 1. The number of fused-ring (bicyclic) bond motifs is 1. The van der Waals surface area contributed by atoms with E-state index in [4.69, 9.17) is 12.2 Å². The molecule has 3 aromatic heterocycles. The minimum atomic E-state index is 0.619. The fourth-order valence-corrected chi connectivity index (χ4v) is 3.81. The molecule has 7 heteroatoms. The molecule has 22 heavy (non-hydrogen) atoms. The lowest BCUT2D eigenvalue weighted by atomic mass is 10.3. The second-order valence-electron chi connectivity index (χ2n) is 5.07. The van der Waals surface area contributed by atoms with E-state index in [0.717, 1.165) is 32.3 Å². The van der Waals surface area contributed by atoms with Crippen molar-refractivity contribution in [2.75, 3.05) is 0 Å². The molecule has 0 aliphatic carbocycles. The van der Waals surface area contributed by atoms with Gasteiger partial charge in [0, 0.05) is 12.4 Å². The van der Waals surface area contributed by atoms with Gasteiger partial charge in [0.25, 0.3) is 0 Å². The lowest BCUT2D eigenvalue weighted by molar-refractivity contribution is 0.893. The predicted octanol–water partition coefficient (Wildman–Crippen LogP) is 3.85. The highest BCUT2D eigenvalue weighted by atomic mass is 32.1. The van der Waals surface area contributed by atoms with Crippen molar-refractivity contribution >= 4 is 33.8 Å². The quantitative estimate of drug-likeness (QED) is 0.569. The molecule has 0 aliphatic rings. The highest BCUT2D eigenvalue weighted by Gasteiger charge is 2.16. The summed E-state index contributed by atoms with van der Waals surface area (Å²) in [6.45, 7) is 2.03. The fourth-order valence-electron chi connectivity index (χ4n) is 2.47. The van der Waals surface area contributed by atoms with Crippen LogP contribution in [0.3, 0.4) is 0 Å². The van der Waals surface area contributed by atoms with Gasteiger partial charge in [0.05, 0.1) is 16.3 Å². The first-order valence-electron chi connectivity index (χ1n) is 6.81. The standard InChI is InChI=1S/C15H13N5S2/c1-9-11-8-12(13-16-17-15(21)19(13)2)22-14(11)20(18-9)10-6-4-3-5-7-10/h3-8H,1-2H3,(H,17,21). The Bertz CT molecular complexity index is 1020. The zero-order chi connectivity index (χ0) is 15.3. The number of hydrogen-bond acceptors (Lipinski definition) is 4. The van der Waals surface area contributed by atoms with Gasteiger partial charge in [0.2, 0.25) is 0 Å². The fraction of sp³-hybridized carbons (Fsp3) is 0.133. The van der Waals surface area contributed by atoms with Crippen molar-refractivity contribution in [2.45, 2.75) is 6.92 Å². The summed E-state index contributed by atoms with van der Waals surface area (Å²) < 4.78 is 4.49. The highest BCUT2D eigenvalue weighted by molar-refractivity contribution is 7.71. The van der Waals surface area contributed by atoms with Crippen molar-refractivity contribution in [3.05, 3.63) is 46.9 Å². The van der Waals surface area contributed by atoms with Crippen molar-refractivity contribution in [2.24, 2.45) is 7.05 Å². The smallest absolute Gasteiger partial charge is 0.195 e. The number of thiophene rings is 1. The molecule has 0 bridgehead atoms. The number of hydrogen-bond donors (Lipinski definition) is 1. The van der Waals surface area contributed by atoms with E-state index < -0.39 is 0 Å². The summed E-state index contributed by atoms with van der Waals surface area (Å²) in [4.78, 5) is 2.20. The van der Waals surface area contributed by atoms with Crippen LogP contribution in [0.2, 0.25) is 0 Å². The first kappa shape index (κ1) is 13.4. The van der Waals surface area contributed by atoms with Gasteiger partial charge in [-0.05, 0) is 37.3 Å². The zero-order valence-electron chi connectivity index (χ0n) is 12.1. The minimum Gasteiger partial charge on any atom is -0.303 e. The second-order valence-corrected chi connectivity index (χ2v) is 6.49. The number of benzene rings is 1. The Morgan fingerprint density at radius 2 is 2.00 bits per heavy atom. The van der Waals surface area contributed by atoms with Gasteiger partial charge in [0.1, 0.15) is 4.83 Å². The molecular formula is C15H13N5S2. The third kappa shape index (κ3) is 1.93. The number of para-hydroxylation sites is 1. The molecule has 1 N–H and O–H groups in total. The van der Waals surface area contributed by atoms with Crippen LogP contribution in [0.4, 0.5) is 0 Å². The Morgan fingerprint density at radius 3 is 2.68 bits per heavy atom.